The Bertz CT molecular complexity index is 978. The van der Waals surface area contributed by atoms with E-state index in [4.69, 9.17) is 16.3 Å². The maximum Gasteiger partial charge on any atom is 0.224 e. The summed E-state index contributed by atoms with van der Waals surface area (Å²) in [6, 6.07) is 9.32. The number of carbonyl (C=O) groups is 2. The number of nitrogens with zero attached hydrogens (tertiary/aromatic N) is 4. The summed E-state index contributed by atoms with van der Waals surface area (Å²) < 4.78 is 8.02. The molecule has 0 spiro atoms. The van der Waals surface area contributed by atoms with Gasteiger partial charge in [0.05, 0.1) is 6.61 Å². The molecular weight excluding hydrogens is 452 g/mol. The molecule has 1 aromatic carbocycles. The van der Waals surface area contributed by atoms with Crippen molar-refractivity contribution in [2.45, 2.75) is 58.4 Å². The quantitative estimate of drug-likeness (QED) is 0.557. The van der Waals surface area contributed by atoms with Crippen LogP contribution in [0.2, 0.25) is 5.02 Å². The number of aromatic nitrogens is 2. The van der Waals surface area contributed by atoms with Crippen LogP contribution in [0.25, 0.3) is 0 Å². The van der Waals surface area contributed by atoms with Gasteiger partial charge in [0.15, 0.2) is 0 Å². The highest BCUT2D eigenvalue weighted by Crippen LogP contribution is 2.37. The van der Waals surface area contributed by atoms with Gasteiger partial charge in [0, 0.05) is 67.9 Å². The van der Waals surface area contributed by atoms with Crippen molar-refractivity contribution in [3.8, 4) is 5.75 Å². The summed E-state index contributed by atoms with van der Waals surface area (Å²) in [6.07, 6.45) is 7.50. The molecule has 7 nitrogen and oxygen atoms in total. The van der Waals surface area contributed by atoms with Gasteiger partial charge in [0.2, 0.25) is 11.8 Å². The first-order chi connectivity index (χ1) is 16.4. The molecule has 2 amide bonds. The zero-order chi connectivity index (χ0) is 24.0. The Morgan fingerprint density at radius 3 is 2.44 bits per heavy atom. The van der Waals surface area contributed by atoms with E-state index in [0.29, 0.717) is 49.9 Å². The van der Waals surface area contributed by atoms with Crippen molar-refractivity contribution in [3.63, 3.8) is 0 Å². The molecule has 0 atom stereocenters. The lowest BCUT2D eigenvalue weighted by Crippen LogP contribution is -2.48. The average molecular weight is 487 g/mol. The number of likely N-dealkylation sites (tertiary alicyclic amines) is 2. The number of benzene rings is 1. The standard InChI is InChI=1S/C26H35ClN4O3/c1-21-8-12-28-31(21)15-9-24(32)30-16-10-26(11-17-30,19-25(33)29-13-3-2-4-14-29)20-34-23-7-5-6-22(27)18-23/h5-8,12,18H,2-4,9-11,13-17,19-20H2,1H3. The fraction of sp³-hybridized carbons (Fsp3) is 0.577. The second kappa shape index (κ2) is 11.3. The van der Waals surface area contributed by atoms with E-state index in [1.165, 1.54) is 6.42 Å². The number of aryl methyl sites for hydroxylation is 2. The van der Waals surface area contributed by atoms with Crippen LogP contribution in [0.3, 0.4) is 0 Å². The Balaban J connectivity index is 1.38. The molecule has 0 N–H and O–H groups in total. The first kappa shape index (κ1) is 24.6. The average Bonchev–Trinajstić information content (AvgIpc) is 3.27. The Hall–Kier alpha value is -2.54. The van der Waals surface area contributed by atoms with E-state index in [1.807, 2.05) is 45.7 Å². The predicted molar refractivity (Wildman–Crippen MR) is 132 cm³/mol. The van der Waals surface area contributed by atoms with Gasteiger partial charge in [-0.2, -0.15) is 5.10 Å². The molecule has 184 valence electrons. The van der Waals surface area contributed by atoms with Gasteiger partial charge in [0.25, 0.3) is 0 Å². The third-order valence-corrected chi connectivity index (χ3v) is 7.45. The monoisotopic (exact) mass is 486 g/mol. The number of piperidine rings is 2. The molecule has 0 saturated carbocycles. The number of amides is 2. The fourth-order valence-electron chi connectivity index (χ4n) is 4.96. The molecule has 4 rings (SSSR count). The van der Waals surface area contributed by atoms with Crippen LogP contribution in [0.15, 0.2) is 36.5 Å². The van der Waals surface area contributed by atoms with Crippen molar-refractivity contribution in [1.29, 1.82) is 0 Å². The summed E-state index contributed by atoms with van der Waals surface area (Å²) in [5.74, 6) is 1.07. The third-order valence-electron chi connectivity index (χ3n) is 7.22. The Labute approximate surface area is 207 Å². The molecule has 8 heteroatoms. The van der Waals surface area contributed by atoms with E-state index in [1.54, 1.807) is 12.3 Å². The molecule has 2 aromatic rings. The molecule has 2 aliphatic heterocycles. The van der Waals surface area contributed by atoms with Gasteiger partial charge in [0.1, 0.15) is 5.75 Å². The molecule has 2 aliphatic rings. The Kier molecular flexibility index (Phi) is 8.14. The molecule has 0 aliphatic carbocycles. The SMILES string of the molecule is Cc1ccnn1CCC(=O)N1CCC(COc2cccc(Cl)c2)(CC(=O)N2CCCCC2)CC1. The second-order valence-electron chi connectivity index (χ2n) is 9.69. The van der Waals surface area contributed by atoms with Crippen LogP contribution in [0, 0.1) is 12.3 Å². The number of carbonyl (C=O) groups excluding carboxylic acids is 2. The summed E-state index contributed by atoms with van der Waals surface area (Å²) in [6.45, 7) is 6.01. The Morgan fingerprint density at radius 1 is 1.03 bits per heavy atom. The zero-order valence-corrected chi connectivity index (χ0v) is 20.8. The first-order valence-electron chi connectivity index (χ1n) is 12.4. The highest BCUT2D eigenvalue weighted by atomic mass is 35.5. The number of rotatable bonds is 8. The van der Waals surface area contributed by atoms with Crippen molar-refractivity contribution in [2.75, 3.05) is 32.8 Å². The first-order valence-corrected chi connectivity index (χ1v) is 12.7. The lowest BCUT2D eigenvalue weighted by molar-refractivity contribution is -0.138. The Morgan fingerprint density at radius 2 is 1.76 bits per heavy atom. The summed E-state index contributed by atoms with van der Waals surface area (Å²) in [5.41, 5.74) is 0.770. The van der Waals surface area contributed by atoms with Crippen LogP contribution >= 0.6 is 11.6 Å². The molecule has 34 heavy (non-hydrogen) atoms. The van der Waals surface area contributed by atoms with Gasteiger partial charge in [-0.15, -0.1) is 0 Å². The van der Waals surface area contributed by atoms with Crippen LogP contribution in [0.4, 0.5) is 0 Å². The molecule has 2 saturated heterocycles. The molecule has 1 aromatic heterocycles. The number of halogens is 1. The maximum atomic E-state index is 13.2. The molecular formula is C26H35ClN4O3. The van der Waals surface area contributed by atoms with Gasteiger partial charge in [-0.3, -0.25) is 14.3 Å². The predicted octanol–water partition coefficient (Wildman–Crippen LogP) is 4.33. The van der Waals surface area contributed by atoms with E-state index in [-0.39, 0.29) is 17.2 Å². The van der Waals surface area contributed by atoms with E-state index in [9.17, 15) is 9.59 Å². The van der Waals surface area contributed by atoms with Crippen LogP contribution in [-0.4, -0.2) is 64.2 Å². The van der Waals surface area contributed by atoms with E-state index in [2.05, 4.69) is 5.10 Å². The van der Waals surface area contributed by atoms with E-state index < -0.39 is 0 Å². The number of hydrogen-bond donors (Lipinski definition) is 0. The van der Waals surface area contributed by atoms with Crippen molar-refractivity contribution in [3.05, 3.63) is 47.2 Å². The summed E-state index contributed by atoms with van der Waals surface area (Å²) >= 11 is 6.13. The van der Waals surface area contributed by atoms with Crippen molar-refractivity contribution < 1.29 is 14.3 Å². The minimum Gasteiger partial charge on any atom is -0.493 e. The highest BCUT2D eigenvalue weighted by molar-refractivity contribution is 6.30. The van der Waals surface area contributed by atoms with Crippen molar-refractivity contribution in [2.24, 2.45) is 5.41 Å². The van der Waals surface area contributed by atoms with Gasteiger partial charge in [-0.25, -0.2) is 0 Å². The maximum absolute atomic E-state index is 13.2. The van der Waals surface area contributed by atoms with Crippen LogP contribution in [-0.2, 0) is 16.1 Å². The fourth-order valence-corrected chi connectivity index (χ4v) is 5.14. The van der Waals surface area contributed by atoms with E-state index >= 15 is 0 Å². The third kappa shape index (κ3) is 6.32. The van der Waals surface area contributed by atoms with Crippen molar-refractivity contribution >= 4 is 23.4 Å². The van der Waals surface area contributed by atoms with Crippen LogP contribution in [0.1, 0.15) is 50.6 Å². The minimum atomic E-state index is -0.286. The summed E-state index contributed by atoms with van der Waals surface area (Å²) in [7, 11) is 0. The minimum absolute atomic E-state index is 0.140. The van der Waals surface area contributed by atoms with Crippen LogP contribution < -0.4 is 4.74 Å². The van der Waals surface area contributed by atoms with Crippen LogP contribution in [0.5, 0.6) is 5.75 Å². The molecule has 0 bridgehead atoms. The number of hydrogen-bond acceptors (Lipinski definition) is 4. The largest absolute Gasteiger partial charge is 0.493 e. The van der Waals surface area contributed by atoms with Crippen molar-refractivity contribution in [1.82, 2.24) is 19.6 Å². The lowest BCUT2D eigenvalue weighted by atomic mass is 9.75. The molecule has 3 heterocycles. The summed E-state index contributed by atoms with van der Waals surface area (Å²) in [5, 5.41) is 4.90. The molecule has 0 radical (unpaired) electrons. The summed E-state index contributed by atoms with van der Waals surface area (Å²) in [4.78, 5) is 30.0. The second-order valence-corrected chi connectivity index (χ2v) is 10.1. The highest BCUT2D eigenvalue weighted by Gasteiger charge is 2.39. The van der Waals surface area contributed by atoms with E-state index in [0.717, 1.165) is 44.5 Å². The molecule has 2 fully saturated rings. The lowest BCUT2D eigenvalue weighted by Gasteiger charge is -2.42. The van der Waals surface area contributed by atoms with Gasteiger partial charge in [-0.1, -0.05) is 17.7 Å². The topological polar surface area (TPSA) is 67.7 Å². The van der Waals surface area contributed by atoms with Gasteiger partial charge >= 0.3 is 0 Å². The molecule has 0 unspecified atom stereocenters. The number of ether oxygens (including phenoxy) is 1. The normalized spacial score (nSPS) is 18.1. The van der Waals surface area contributed by atoms with Gasteiger partial charge < -0.3 is 14.5 Å². The zero-order valence-electron chi connectivity index (χ0n) is 20.0. The smallest absolute Gasteiger partial charge is 0.224 e. The van der Waals surface area contributed by atoms with Gasteiger partial charge in [-0.05, 0) is 63.3 Å².